The van der Waals surface area contributed by atoms with Crippen LogP contribution in [0.4, 0.5) is 0 Å². The Labute approximate surface area is 140 Å². The molecule has 1 fully saturated rings. The highest BCUT2D eigenvalue weighted by molar-refractivity contribution is 7.13. The molecule has 0 aromatic carbocycles. The van der Waals surface area contributed by atoms with Crippen LogP contribution in [0.1, 0.15) is 53.1 Å². The van der Waals surface area contributed by atoms with Gasteiger partial charge in [0.25, 0.3) is 0 Å². The summed E-state index contributed by atoms with van der Waals surface area (Å²) in [4.78, 5) is 29.3. The number of thiazole rings is 1. The van der Waals surface area contributed by atoms with Crippen LogP contribution in [0.15, 0.2) is 12.2 Å². The number of allylic oxidation sites excluding steroid dienone is 2. The lowest BCUT2D eigenvalue weighted by Gasteiger charge is -2.20. The van der Waals surface area contributed by atoms with Gasteiger partial charge in [-0.15, -0.1) is 11.3 Å². The lowest BCUT2D eigenvalue weighted by Crippen LogP contribution is -2.34. The molecule has 0 spiro atoms. The molecule has 0 aliphatic heterocycles. The van der Waals surface area contributed by atoms with Crippen LogP contribution in [0.25, 0.3) is 0 Å². The molecular formula is C17H22N2O3S. The van der Waals surface area contributed by atoms with Crippen molar-refractivity contribution in [3.8, 4) is 0 Å². The van der Waals surface area contributed by atoms with Gasteiger partial charge in [-0.3, -0.25) is 4.79 Å². The number of carbonyl (C=O) groups excluding carboxylic acids is 2. The number of ether oxygens (including phenoxy) is 1. The van der Waals surface area contributed by atoms with E-state index < -0.39 is 0 Å². The highest BCUT2D eigenvalue weighted by Gasteiger charge is 2.40. The van der Waals surface area contributed by atoms with Crippen molar-refractivity contribution < 1.29 is 14.3 Å². The van der Waals surface area contributed by atoms with Crippen LogP contribution in [0, 0.1) is 24.7 Å². The summed E-state index contributed by atoms with van der Waals surface area (Å²) in [6.07, 6.45) is 6.46. The Hall–Kier alpha value is -1.69. The number of carbonyl (C=O) groups is 2. The van der Waals surface area contributed by atoms with Crippen LogP contribution in [0.3, 0.4) is 0 Å². The standard InChI is InChI=1S/C17H22N2O3S/c1-4-22-17(21)14-9(2)19-16(23-14)10(3)18-15(20)13-8-11-5-6-12(13)7-11/h5-6,10-13H,4,7-8H2,1-3H3,(H,18,20)/t10-,11+,12+,13+/m1/s1. The average molecular weight is 334 g/mol. The van der Waals surface area contributed by atoms with E-state index in [1.165, 1.54) is 11.3 Å². The minimum absolute atomic E-state index is 0.0815. The quantitative estimate of drug-likeness (QED) is 0.664. The number of hydrogen-bond donors (Lipinski definition) is 1. The molecule has 0 radical (unpaired) electrons. The zero-order chi connectivity index (χ0) is 16.6. The van der Waals surface area contributed by atoms with E-state index in [2.05, 4.69) is 22.5 Å². The number of rotatable bonds is 5. The van der Waals surface area contributed by atoms with Crippen molar-refractivity contribution >= 4 is 23.2 Å². The van der Waals surface area contributed by atoms with Gasteiger partial charge in [-0.1, -0.05) is 12.2 Å². The van der Waals surface area contributed by atoms with Gasteiger partial charge in [-0.2, -0.15) is 0 Å². The van der Waals surface area contributed by atoms with E-state index in [1.807, 2.05) is 6.92 Å². The van der Waals surface area contributed by atoms with E-state index in [0.717, 1.165) is 17.8 Å². The summed E-state index contributed by atoms with van der Waals surface area (Å²) in [7, 11) is 0. The summed E-state index contributed by atoms with van der Waals surface area (Å²) in [5.74, 6) is 0.798. The fourth-order valence-electron chi connectivity index (χ4n) is 3.45. The van der Waals surface area contributed by atoms with E-state index in [-0.39, 0.29) is 23.8 Å². The Morgan fingerprint density at radius 1 is 1.43 bits per heavy atom. The van der Waals surface area contributed by atoms with Crippen molar-refractivity contribution in [3.63, 3.8) is 0 Å². The van der Waals surface area contributed by atoms with Gasteiger partial charge in [0.15, 0.2) is 0 Å². The number of esters is 1. The van der Waals surface area contributed by atoms with Crippen molar-refractivity contribution in [2.75, 3.05) is 6.61 Å². The molecule has 5 nitrogen and oxygen atoms in total. The predicted octanol–water partition coefficient (Wildman–Crippen LogP) is 3.02. The maximum atomic E-state index is 12.5. The average Bonchev–Trinajstić information content (AvgIpc) is 3.21. The Morgan fingerprint density at radius 2 is 2.22 bits per heavy atom. The summed E-state index contributed by atoms with van der Waals surface area (Å²) in [6.45, 7) is 5.83. The third kappa shape index (κ3) is 3.17. The van der Waals surface area contributed by atoms with Crippen molar-refractivity contribution in [2.24, 2.45) is 17.8 Å². The zero-order valence-corrected chi connectivity index (χ0v) is 14.5. The Morgan fingerprint density at radius 3 is 2.83 bits per heavy atom. The number of aromatic nitrogens is 1. The number of hydrogen-bond acceptors (Lipinski definition) is 5. The molecule has 1 aromatic rings. The highest BCUT2D eigenvalue weighted by atomic mass is 32.1. The normalized spacial score (nSPS) is 26.3. The predicted molar refractivity (Wildman–Crippen MR) is 88.2 cm³/mol. The highest BCUT2D eigenvalue weighted by Crippen LogP contribution is 2.43. The summed E-state index contributed by atoms with van der Waals surface area (Å²) in [5.41, 5.74) is 0.660. The fraction of sp³-hybridized carbons (Fsp3) is 0.588. The number of nitrogens with one attached hydrogen (secondary N) is 1. The van der Waals surface area contributed by atoms with E-state index in [9.17, 15) is 9.59 Å². The first-order chi connectivity index (χ1) is 11.0. The topological polar surface area (TPSA) is 68.3 Å². The SMILES string of the molecule is CCOC(=O)c1sc([C@@H](C)NC(=O)[C@H]2C[C@H]3C=C[C@H]2C3)nc1C. The Bertz CT molecular complexity index is 652. The summed E-state index contributed by atoms with van der Waals surface area (Å²) < 4.78 is 5.03. The van der Waals surface area contributed by atoms with Gasteiger partial charge >= 0.3 is 5.97 Å². The summed E-state index contributed by atoms with van der Waals surface area (Å²) in [5, 5.41) is 3.81. The first kappa shape index (κ1) is 16.2. The van der Waals surface area contributed by atoms with E-state index in [1.54, 1.807) is 13.8 Å². The van der Waals surface area contributed by atoms with E-state index in [4.69, 9.17) is 4.74 Å². The Kier molecular flexibility index (Phi) is 4.53. The van der Waals surface area contributed by atoms with Crippen LogP contribution in [-0.2, 0) is 9.53 Å². The van der Waals surface area contributed by atoms with Crippen LogP contribution in [-0.4, -0.2) is 23.5 Å². The molecule has 2 bridgehead atoms. The number of amides is 1. The smallest absolute Gasteiger partial charge is 0.350 e. The van der Waals surface area contributed by atoms with Crippen molar-refractivity contribution in [3.05, 3.63) is 27.7 Å². The minimum atomic E-state index is -0.342. The molecule has 124 valence electrons. The molecule has 4 atom stereocenters. The second kappa shape index (κ2) is 6.43. The van der Waals surface area contributed by atoms with Crippen LogP contribution >= 0.6 is 11.3 Å². The van der Waals surface area contributed by atoms with Crippen molar-refractivity contribution in [2.45, 2.75) is 39.7 Å². The third-order valence-corrected chi connectivity index (χ3v) is 5.94. The molecule has 1 saturated carbocycles. The lowest BCUT2D eigenvalue weighted by molar-refractivity contribution is -0.126. The lowest BCUT2D eigenvalue weighted by atomic mass is 9.92. The van der Waals surface area contributed by atoms with Gasteiger partial charge < -0.3 is 10.1 Å². The maximum Gasteiger partial charge on any atom is 0.350 e. The van der Waals surface area contributed by atoms with Gasteiger partial charge in [0.2, 0.25) is 5.91 Å². The molecular weight excluding hydrogens is 312 g/mol. The van der Waals surface area contributed by atoms with Crippen LogP contribution < -0.4 is 5.32 Å². The molecule has 23 heavy (non-hydrogen) atoms. The van der Waals surface area contributed by atoms with Gasteiger partial charge in [-0.25, -0.2) is 9.78 Å². The fourth-order valence-corrected chi connectivity index (χ4v) is 4.42. The monoisotopic (exact) mass is 334 g/mol. The van der Waals surface area contributed by atoms with Crippen LogP contribution in [0.5, 0.6) is 0 Å². The zero-order valence-electron chi connectivity index (χ0n) is 13.7. The van der Waals surface area contributed by atoms with Gasteiger partial charge in [0, 0.05) is 5.92 Å². The Balaban J connectivity index is 1.65. The minimum Gasteiger partial charge on any atom is -0.462 e. The van der Waals surface area contributed by atoms with Gasteiger partial charge in [-0.05, 0) is 45.4 Å². The second-order valence-electron chi connectivity index (χ2n) is 6.30. The summed E-state index contributed by atoms with van der Waals surface area (Å²) in [6, 6.07) is -0.197. The van der Waals surface area contributed by atoms with Gasteiger partial charge in [0.1, 0.15) is 9.88 Å². The third-order valence-electron chi connectivity index (χ3n) is 4.62. The molecule has 0 unspecified atom stereocenters. The van der Waals surface area contributed by atoms with E-state index >= 15 is 0 Å². The van der Waals surface area contributed by atoms with Crippen molar-refractivity contribution in [1.29, 1.82) is 0 Å². The number of fused-ring (bicyclic) bond motifs is 2. The molecule has 2 aliphatic carbocycles. The van der Waals surface area contributed by atoms with Crippen molar-refractivity contribution in [1.82, 2.24) is 10.3 Å². The van der Waals surface area contributed by atoms with Crippen LogP contribution in [0.2, 0.25) is 0 Å². The first-order valence-electron chi connectivity index (χ1n) is 8.12. The second-order valence-corrected chi connectivity index (χ2v) is 7.33. The molecule has 2 aliphatic rings. The molecule has 1 amide bonds. The maximum absolute atomic E-state index is 12.5. The number of nitrogens with zero attached hydrogens (tertiary/aromatic N) is 1. The molecule has 6 heteroatoms. The van der Waals surface area contributed by atoms with Gasteiger partial charge in [0.05, 0.1) is 18.3 Å². The van der Waals surface area contributed by atoms with E-state index in [0.29, 0.717) is 29.0 Å². The molecule has 3 rings (SSSR count). The first-order valence-corrected chi connectivity index (χ1v) is 8.94. The molecule has 0 saturated heterocycles. The molecule has 1 aromatic heterocycles. The largest absolute Gasteiger partial charge is 0.462 e. The molecule has 1 heterocycles. The number of aryl methyl sites for hydroxylation is 1. The molecule has 1 N–H and O–H groups in total. The summed E-state index contributed by atoms with van der Waals surface area (Å²) >= 11 is 1.30.